The zero-order chi connectivity index (χ0) is 19.9. The van der Waals surface area contributed by atoms with Gasteiger partial charge in [0.1, 0.15) is 10.8 Å². The SMILES string of the molecule is Cc1nnc(SCC(=O)N(C)C[C@@H]2CCCN(CCc3ccc(F)cc3)C2)s1. The molecule has 1 atom stereocenters. The lowest BCUT2D eigenvalue weighted by Gasteiger charge is -2.34. The number of carbonyl (C=O) groups is 1. The molecule has 1 aromatic heterocycles. The van der Waals surface area contributed by atoms with Crippen molar-refractivity contribution in [3.05, 3.63) is 40.7 Å². The van der Waals surface area contributed by atoms with Gasteiger partial charge in [0.05, 0.1) is 5.75 Å². The van der Waals surface area contributed by atoms with E-state index in [0.717, 1.165) is 54.8 Å². The van der Waals surface area contributed by atoms with Gasteiger partial charge < -0.3 is 9.80 Å². The van der Waals surface area contributed by atoms with E-state index in [2.05, 4.69) is 15.1 Å². The number of carbonyl (C=O) groups excluding carboxylic acids is 1. The lowest BCUT2D eigenvalue weighted by Crippen LogP contribution is -2.42. The van der Waals surface area contributed by atoms with Gasteiger partial charge in [-0.15, -0.1) is 10.2 Å². The summed E-state index contributed by atoms with van der Waals surface area (Å²) in [5, 5.41) is 8.96. The smallest absolute Gasteiger partial charge is 0.232 e. The van der Waals surface area contributed by atoms with Crippen molar-refractivity contribution in [3.8, 4) is 0 Å². The fourth-order valence-electron chi connectivity index (χ4n) is 3.50. The number of hydrogen-bond acceptors (Lipinski definition) is 6. The number of amides is 1. The minimum absolute atomic E-state index is 0.140. The number of hydrogen-bond donors (Lipinski definition) is 0. The van der Waals surface area contributed by atoms with Crippen LogP contribution in [0, 0.1) is 18.7 Å². The van der Waals surface area contributed by atoms with E-state index in [1.54, 1.807) is 0 Å². The standard InChI is InChI=1S/C20H27FN4OS2/c1-15-22-23-20(28-15)27-14-19(26)24(2)12-17-4-3-10-25(13-17)11-9-16-5-7-18(21)8-6-16/h5-8,17H,3-4,9-14H2,1-2H3/t17-/m0/s1. The van der Waals surface area contributed by atoms with Crippen molar-refractivity contribution in [2.24, 2.45) is 5.92 Å². The number of benzene rings is 1. The van der Waals surface area contributed by atoms with Gasteiger partial charge in [-0.1, -0.05) is 35.2 Å². The number of aryl methyl sites for hydroxylation is 1. The highest BCUT2D eigenvalue weighted by Crippen LogP contribution is 2.23. The van der Waals surface area contributed by atoms with E-state index in [-0.39, 0.29) is 11.7 Å². The second kappa shape index (κ2) is 10.3. The van der Waals surface area contributed by atoms with Gasteiger partial charge in [0.15, 0.2) is 4.34 Å². The fourth-order valence-corrected chi connectivity index (χ4v) is 5.26. The first-order valence-corrected chi connectivity index (χ1v) is 11.4. The average Bonchev–Trinajstić information content (AvgIpc) is 3.11. The quantitative estimate of drug-likeness (QED) is 0.610. The molecule has 8 heteroatoms. The molecule has 2 heterocycles. The second-order valence-electron chi connectivity index (χ2n) is 7.34. The summed E-state index contributed by atoms with van der Waals surface area (Å²) in [5.41, 5.74) is 1.17. The molecule has 0 N–H and O–H groups in total. The minimum Gasteiger partial charge on any atom is -0.345 e. The maximum absolute atomic E-state index is 13.0. The number of halogens is 1. The third kappa shape index (κ3) is 6.53. The zero-order valence-electron chi connectivity index (χ0n) is 16.4. The molecule has 28 heavy (non-hydrogen) atoms. The van der Waals surface area contributed by atoms with Crippen molar-refractivity contribution >= 4 is 29.0 Å². The molecule has 0 aliphatic carbocycles. The molecule has 3 rings (SSSR count). The Hall–Kier alpha value is -1.51. The van der Waals surface area contributed by atoms with Crippen molar-refractivity contribution in [1.82, 2.24) is 20.0 Å². The first-order chi connectivity index (χ1) is 13.5. The summed E-state index contributed by atoms with van der Waals surface area (Å²) >= 11 is 2.99. The van der Waals surface area contributed by atoms with Crippen LogP contribution in [0.1, 0.15) is 23.4 Å². The Labute approximate surface area is 174 Å². The Morgan fingerprint density at radius 3 is 2.86 bits per heavy atom. The molecule has 0 spiro atoms. The van der Waals surface area contributed by atoms with Crippen LogP contribution in [-0.2, 0) is 11.2 Å². The highest BCUT2D eigenvalue weighted by molar-refractivity contribution is 8.01. The maximum atomic E-state index is 13.0. The molecule has 2 aromatic rings. The summed E-state index contributed by atoms with van der Waals surface area (Å²) in [6.07, 6.45) is 3.25. The van der Waals surface area contributed by atoms with E-state index >= 15 is 0 Å². The molecule has 0 radical (unpaired) electrons. The monoisotopic (exact) mass is 422 g/mol. The third-order valence-electron chi connectivity index (χ3n) is 5.02. The lowest BCUT2D eigenvalue weighted by atomic mass is 9.97. The molecule has 1 aliphatic heterocycles. The van der Waals surface area contributed by atoms with Gasteiger partial charge in [-0.05, 0) is 56.3 Å². The third-order valence-corrected chi connectivity index (χ3v) is 6.97. The van der Waals surface area contributed by atoms with E-state index in [9.17, 15) is 9.18 Å². The predicted molar refractivity (Wildman–Crippen MR) is 112 cm³/mol. The topological polar surface area (TPSA) is 49.3 Å². The number of piperidine rings is 1. The number of aromatic nitrogens is 2. The van der Waals surface area contributed by atoms with E-state index in [1.165, 1.54) is 40.8 Å². The molecule has 1 fully saturated rings. The van der Waals surface area contributed by atoms with Crippen LogP contribution in [0.5, 0.6) is 0 Å². The van der Waals surface area contributed by atoms with Crippen molar-refractivity contribution in [2.75, 3.05) is 39.0 Å². The summed E-state index contributed by atoms with van der Waals surface area (Å²) in [5.74, 6) is 0.867. The molecular formula is C20H27FN4OS2. The van der Waals surface area contributed by atoms with Crippen LogP contribution in [0.2, 0.25) is 0 Å². The zero-order valence-corrected chi connectivity index (χ0v) is 18.1. The summed E-state index contributed by atoms with van der Waals surface area (Å²) in [4.78, 5) is 16.8. The molecule has 152 valence electrons. The Morgan fingerprint density at radius 1 is 1.36 bits per heavy atom. The molecule has 1 aromatic carbocycles. The largest absolute Gasteiger partial charge is 0.345 e. The van der Waals surface area contributed by atoms with Gasteiger partial charge >= 0.3 is 0 Å². The first kappa shape index (κ1) is 21.2. The van der Waals surface area contributed by atoms with Gasteiger partial charge in [-0.25, -0.2) is 4.39 Å². The van der Waals surface area contributed by atoms with Crippen molar-refractivity contribution < 1.29 is 9.18 Å². The van der Waals surface area contributed by atoms with Crippen molar-refractivity contribution in [1.29, 1.82) is 0 Å². The normalized spacial score (nSPS) is 17.6. The van der Waals surface area contributed by atoms with Gasteiger partial charge in [-0.2, -0.15) is 0 Å². The Balaban J connectivity index is 1.40. The van der Waals surface area contributed by atoms with Crippen LogP contribution in [0.15, 0.2) is 28.6 Å². The van der Waals surface area contributed by atoms with Gasteiger partial charge in [0.2, 0.25) is 5.91 Å². The molecule has 1 amide bonds. The highest BCUT2D eigenvalue weighted by atomic mass is 32.2. The van der Waals surface area contributed by atoms with Crippen LogP contribution in [0.4, 0.5) is 4.39 Å². The van der Waals surface area contributed by atoms with Crippen molar-refractivity contribution in [2.45, 2.75) is 30.5 Å². The van der Waals surface area contributed by atoms with Gasteiger partial charge in [0, 0.05) is 26.7 Å². The molecule has 1 saturated heterocycles. The Bertz CT molecular complexity index is 768. The Morgan fingerprint density at radius 2 is 2.14 bits per heavy atom. The van der Waals surface area contributed by atoms with E-state index < -0.39 is 0 Å². The van der Waals surface area contributed by atoms with Crippen LogP contribution >= 0.6 is 23.1 Å². The highest BCUT2D eigenvalue weighted by Gasteiger charge is 2.22. The number of likely N-dealkylation sites (tertiary alicyclic amines) is 1. The second-order valence-corrected chi connectivity index (χ2v) is 9.74. The van der Waals surface area contributed by atoms with Crippen molar-refractivity contribution in [3.63, 3.8) is 0 Å². The van der Waals surface area contributed by atoms with Gasteiger partial charge in [-0.3, -0.25) is 4.79 Å². The van der Waals surface area contributed by atoms with Gasteiger partial charge in [0.25, 0.3) is 0 Å². The maximum Gasteiger partial charge on any atom is 0.232 e. The predicted octanol–water partition coefficient (Wildman–Crippen LogP) is 3.49. The lowest BCUT2D eigenvalue weighted by molar-refractivity contribution is -0.127. The van der Waals surface area contributed by atoms with E-state index in [0.29, 0.717) is 11.7 Å². The van der Waals surface area contributed by atoms with E-state index in [1.807, 2.05) is 31.0 Å². The fraction of sp³-hybridized carbons (Fsp3) is 0.550. The molecule has 1 aliphatic rings. The van der Waals surface area contributed by atoms with Crippen LogP contribution in [0.3, 0.4) is 0 Å². The number of nitrogens with zero attached hydrogens (tertiary/aromatic N) is 4. The molecular weight excluding hydrogens is 395 g/mol. The molecule has 0 bridgehead atoms. The minimum atomic E-state index is -0.186. The van der Waals surface area contributed by atoms with Crippen LogP contribution in [-0.4, -0.2) is 64.9 Å². The number of rotatable bonds is 8. The van der Waals surface area contributed by atoms with E-state index in [4.69, 9.17) is 0 Å². The molecule has 5 nitrogen and oxygen atoms in total. The van der Waals surface area contributed by atoms with Crippen LogP contribution < -0.4 is 0 Å². The number of thioether (sulfide) groups is 1. The summed E-state index contributed by atoms with van der Waals surface area (Å²) in [6.45, 7) is 5.80. The summed E-state index contributed by atoms with van der Waals surface area (Å²) in [7, 11) is 1.89. The van der Waals surface area contributed by atoms with Crippen LogP contribution in [0.25, 0.3) is 0 Å². The average molecular weight is 423 g/mol. The molecule has 0 saturated carbocycles. The molecule has 0 unspecified atom stereocenters. The Kier molecular flexibility index (Phi) is 7.82. The summed E-state index contributed by atoms with van der Waals surface area (Å²) < 4.78 is 13.9. The first-order valence-electron chi connectivity index (χ1n) is 9.63. The summed E-state index contributed by atoms with van der Waals surface area (Å²) in [6, 6.07) is 6.77.